The Labute approximate surface area is 159 Å². The second-order valence-corrected chi connectivity index (χ2v) is 6.22. The number of methoxy groups -OCH3 is 1. The van der Waals surface area contributed by atoms with Crippen molar-refractivity contribution in [2.75, 3.05) is 7.11 Å². The van der Waals surface area contributed by atoms with Gasteiger partial charge < -0.3 is 14.6 Å². The number of hydrogen-bond donors (Lipinski definition) is 1. The van der Waals surface area contributed by atoms with Crippen LogP contribution in [-0.2, 0) is 19.4 Å². The molecular weight excluding hydrogens is 340 g/mol. The van der Waals surface area contributed by atoms with Gasteiger partial charge in [0.25, 0.3) is 0 Å². The molecule has 1 N–H and O–H groups in total. The van der Waals surface area contributed by atoms with Crippen LogP contribution in [0.3, 0.4) is 0 Å². The van der Waals surface area contributed by atoms with E-state index in [1.54, 1.807) is 12.1 Å². The van der Waals surface area contributed by atoms with E-state index in [0.29, 0.717) is 12.4 Å². The maximum absolute atomic E-state index is 11.2. The number of ether oxygens (including phenoxy) is 2. The molecule has 0 bridgehead atoms. The van der Waals surface area contributed by atoms with E-state index in [1.807, 2.05) is 54.6 Å². The molecule has 0 fully saturated rings. The third-order valence-electron chi connectivity index (χ3n) is 4.39. The molecule has 0 aliphatic rings. The summed E-state index contributed by atoms with van der Waals surface area (Å²) in [5.41, 5.74) is 3.44. The predicted molar refractivity (Wildman–Crippen MR) is 105 cm³/mol. The van der Waals surface area contributed by atoms with E-state index in [1.165, 1.54) is 7.11 Å². The summed E-state index contributed by atoms with van der Waals surface area (Å²) in [6, 6.07) is 23.3. The minimum atomic E-state index is -0.988. The van der Waals surface area contributed by atoms with Crippen molar-refractivity contribution in [1.82, 2.24) is 0 Å². The van der Waals surface area contributed by atoms with E-state index in [4.69, 9.17) is 9.47 Å². The highest BCUT2D eigenvalue weighted by molar-refractivity contribution is 5.90. The Balaban J connectivity index is 1.68. The highest BCUT2D eigenvalue weighted by Crippen LogP contribution is 2.24. The maximum atomic E-state index is 11.2. The van der Waals surface area contributed by atoms with Crippen LogP contribution in [0.2, 0.25) is 0 Å². The highest BCUT2D eigenvalue weighted by atomic mass is 16.5. The van der Waals surface area contributed by atoms with E-state index in [2.05, 4.69) is 6.07 Å². The number of carboxylic acids is 1. The lowest BCUT2D eigenvalue weighted by molar-refractivity contribution is 0.0693. The van der Waals surface area contributed by atoms with Crippen molar-refractivity contribution in [3.8, 4) is 11.5 Å². The van der Waals surface area contributed by atoms with E-state index in [-0.39, 0.29) is 5.56 Å². The van der Waals surface area contributed by atoms with E-state index < -0.39 is 5.97 Å². The van der Waals surface area contributed by atoms with Crippen LogP contribution in [0.15, 0.2) is 72.8 Å². The molecule has 0 atom stereocenters. The predicted octanol–water partition coefficient (Wildman–Crippen LogP) is 4.76. The number of para-hydroxylation sites is 1. The first-order chi connectivity index (χ1) is 13.2. The van der Waals surface area contributed by atoms with Crippen molar-refractivity contribution in [1.29, 1.82) is 0 Å². The first-order valence-electron chi connectivity index (χ1n) is 8.82. The second kappa shape index (κ2) is 8.90. The largest absolute Gasteiger partial charge is 0.496 e. The minimum Gasteiger partial charge on any atom is -0.496 e. The summed E-state index contributed by atoms with van der Waals surface area (Å²) in [6.45, 7) is 0.527. The Morgan fingerprint density at radius 3 is 2.33 bits per heavy atom. The van der Waals surface area contributed by atoms with Gasteiger partial charge in [-0.15, -0.1) is 0 Å². The average molecular weight is 362 g/mol. The van der Waals surface area contributed by atoms with Gasteiger partial charge >= 0.3 is 5.97 Å². The van der Waals surface area contributed by atoms with Gasteiger partial charge in [0.2, 0.25) is 0 Å². The Hall–Kier alpha value is -3.27. The van der Waals surface area contributed by atoms with Crippen molar-refractivity contribution in [2.45, 2.75) is 19.4 Å². The Bertz CT molecular complexity index is 903. The molecule has 0 aliphatic heterocycles. The monoisotopic (exact) mass is 362 g/mol. The van der Waals surface area contributed by atoms with Crippen molar-refractivity contribution in [2.24, 2.45) is 0 Å². The zero-order valence-electron chi connectivity index (χ0n) is 15.2. The first kappa shape index (κ1) is 18.5. The molecule has 0 heterocycles. The summed E-state index contributed by atoms with van der Waals surface area (Å²) in [5.74, 6) is 0.266. The normalized spacial score (nSPS) is 10.4. The van der Waals surface area contributed by atoms with Crippen LogP contribution >= 0.6 is 0 Å². The van der Waals surface area contributed by atoms with Gasteiger partial charge in [0.1, 0.15) is 23.7 Å². The molecule has 138 valence electrons. The molecule has 0 amide bonds. The van der Waals surface area contributed by atoms with E-state index >= 15 is 0 Å². The van der Waals surface area contributed by atoms with Crippen LogP contribution in [0.4, 0.5) is 0 Å². The minimum absolute atomic E-state index is 0.174. The zero-order chi connectivity index (χ0) is 19.1. The van der Waals surface area contributed by atoms with Gasteiger partial charge in [-0.25, -0.2) is 4.79 Å². The smallest absolute Gasteiger partial charge is 0.339 e. The first-order valence-corrected chi connectivity index (χ1v) is 8.82. The van der Waals surface area contributed by atoms with Crippen LogP contribution in [0.5, 0.6) is 11.5 Å². The average Bonchev–Trinajstić information content (AvgIpc) is 2.71. The number of hydrogen-bond acceptors (Lipinski definition) is 3. The third kappa shape index (κ3) is 4.88. The fraction of sp³-hybridized carbons (Fsp3) is 0.174. The molecule has 0 radical (unpaired) electrons. The maximum Gasteiger partial charge on any atom is 0.339 e. The van der Waals surface area contributed by atoms with Gasteiger partial charge in [-0.2, -0.15) is 0 Å². The van der Waals surface area contributed by atoms with Gasteiger partial charge in [0, 0.05) is 0 Å². The third-order valence-corrected chi connectivity index (χ3v) is 4.39. The van der Waals surface area contributed by atoms with Gasteiger partial charge in [0.05, 0.1) is 7.11 Å². The number of carbonyl (C=O) groups is 1. The fourth-order valence-corrected chi connectivity index (χ4v) is 2.93. The number of carboxylic acid groups (broad SMARTS) is 1. The summed E-state index contributed by atoms with van der Waals surface area (Å²) >= 11 is 0. The van der Waals surface area contributed by atoms with Gasteiger partial charge in [-0.05, 0) is 47.7 Å². The Morgan fingerprint density at radius 2 is 1.59 bits per heavy atom. The van der Waals surface area contributed by atoms with Crippen LogP contribution in [0.1, 0.15) is 27.0 Å². The molecule has 0 saturated heterocycles. The molecule has 3 aromatic rings. The van der Waals surface area contributed by atoms with E-state index in [0.717, 1.165) is 35.3 Å². The summed E-state index contributed by atoms with van der Waals surface area (Å²) in [4.78, 5) is 11.2. The summed E-state index contributed by atoms with van der Waals surface area (Å²) in [5, 5.41) is 9.19. The lowest BCUT2D eigenvalue weighted by atomic mass is 10.0. The van der Waals surface area contributed by atoms with Crippen molar-refractivity contribution >= 4 is 5.97 Å². The lowest BCUT2D eigenvalue weighted by Crippen LogP contribution is -2.02. The molecular formula is C23H22O4. The quantitative estimate of drug-likeness (QED) is 0.628. The molecule has 4 heteroatoms. The van der Waals surface area contributed by atoms with Crippen molar-refractivity contribution in [3.63, 3.8) is 0 Å². The molecule has 27 heavy (non-hydrogen) atoms. The molecule has 0 unspecified atom stereocenters. The number of rotatable bonds is 8. The molecule has 0 aromatic heterocycles. The lowest BCUT2D eigenvalue weighted by Gasteiger charge is -2.12. The second-order valence-electron chi connectivity index (χ2n) is 6.22. The molecule has 4 nitrogen and oxygen atoms in total. The van der Waals surface area contributed by atoms with Crippen LogP contribution in [0.25, 0.3) is 0 Å². The van der Waals surface area contributed by atoms with E-state index in [9.17, 15) is 9.90 Å². The van der Waals surface area contributed by atoms with Crippen molar-refractivity contribution in [3.05, 3.63) is 95.1 Å². The number of aromatic carboxylic acids is 1. The van der Waals surface area contributed by atoms with Crippen LogP contribution < -0.4 is 9.47 Å². The topological polar surface area (TPSA) is 55.8 Å². The van der Waals surface area contributed by atoms with Crippen LogP contribution in [0, 0.1) is 0 Å². The highest BCUT2D eigenvalue weighted by Gasteiger charge is 2.12. The van der Waals surface area contributed by atoms with Crippen LogP contribution in [-0.4, -0.2) is 18.2 Å². The molecule has 0 spiro atoms. The van der Waals surface area contributed by atoms with Gasteiger partial charge in [-0.1, -0.05) is 54.6 Å². The Kier molecular flexibility index (Phi) is 6.10. The standard InChI is InChI=1S/C23H22O4/c1-26-22-15-17(12-14-20(22)23(24)25)11-13-19-9-5-6-10-21(19)27-16-18-7-3-2-4-8-18/h2-10,12,14-15H,11,13,16H2,1H3,(H,24,25). The number of benzene rings is 3. The molecule has 3 aromatic carbocycles. The SMILES string of the molecule is COc1cc(CCc2ccccc2OCc2ccccc2)ccc1C(=O)O. The summed E-state index contributed by atoms with van der Waals surface area (Å²) in [6.07, 6.45) is 1.56. The zero-order valence-corrected chi connectivity index (χ0v) is 15.2. The summed E-state index contributed by atoms with van der Waals surface area (Å²) < 4.78 is 11.2. The molecule has 0 saturated carbocycles. The van der Waals surface area contributed by atoms with Crippen molar-refractivity contribution < 1.29 is 19.4 Å². The van der Waals surface area contributed by atoms with Gasteiger partial charge in [0.15, 0.2) is 0 Å². The van der Waals surface area contributed by atoms with Gasteiger partial charge in [-0.3, -0.25) is 0 Å². The number of aryl methyl sites for hydroxylation is 2. The Morgan fingerprint density at radius 1 is 0.852 bits per heavy atom. The fourth-order valence-electron chi connectivity index (χ4n) is 2.93. The molecule has 0 aliphatic carbocycles. The molecule has 3 rings (SSSR count). The summed E-state index contributed by atoms with van der Waals surface area (Å²) in [7, 11) is 1.48.